The van der Waals surface area contributed by atoms with Crippen LogP contribution < -0.4 is 5.32 Å². The molecule has 1 heterocycles. The first-order valence-corrected chi connectivity index (χ1v) is 12.3. The summed E-state index contributed by atoms with van der Waals surface area (Å²) in [6, 6.07) is 13.0. The largest absolute Gasteiger partial charge is 0.213 e. The average Bonchev–Trinajstić information content (AvgIpc) is 2.91. The van der Waals surface area contributed by atoms with Gasteiger partial charge in [0.05, 0.1) is 16.7 Å². The molecule has 0 unspecified atom stereocenters. The van der Waals surface area contributed by atoms with Crippen molar-refractivity contribution in [2.24, 2.45) is 0 Å². The Labute approximate surface area is 151 Å². The van der Waals surface area contributed by atoms with Crippen LogP contribution in [0.2, 0.25) is 19.6 Å². The minimum absolute atomic E-state index is 1.07. The molecule has 0 spiro atoms. The third kappa shape index (κ3) is 3.31. The van der Waals surface area contributed by atoms with E-state index in [2.05, 4.69) is 94.0 Å². The Balaban J connectivity index is 2.34. The molecule has 0 aliphatic carbocycles. The van der Waals surface area contributed by atoms with Crippen LogP contribution in [0, 0.1) is 27.7 Å². The molecule has 0 amide bonds. The van der Waals surface area contributed by atoms with Crippen LogP contribution in [0.4, 0.5) is 0 Å². The van der Waals surface area contributed by atoms with E-state index in [0.29, 0.717) is 0 Å². The van der Waals surface area contributed by atoms with E-state index in [1.54, 1.807) is 0 Å². The third-order valence-corrected chi connectivity index (χ3v) is 6.33. The van der Waals surface area contributed by atoms with Crippen LogP contribution in [0.15, 0.2) is 36.4 Å². The molecular weight excluding hydrogens is 322 g/mol. The smallest absolute Gasteiger partial charge is 0.107 e. The molecule has 4 heteroatoms. The zero-order valence-electron chi connectivity index (χ0n) is 16.3. The quantitative estimate of drug-likeness (QED) is 0.641. The van der Waals surface area contributed by atoms with Crippen LogP contribution in [0.1, 0.15) is 22.3 Å². The summed E-state index contributed by atoms with van der Waals surface area (Å²) >= 11 is 0. The summed E-state index contributed by atoms with van der Waals surface area (Å²) in [6.45, 7) is 15.6. The van der Waals surface area contributed by atoms with E-state index in [1.165, 1.54) is 33.1 Å². The number of hydrogen-bond donors (Lipinski definition) is 0. The molecule has 1 aromatic heterocycles. The second-order valence-electron chi connectivity index (χ2n) is 8.06. The Morgan fingerprint density at radius 2 is 1.36 bits per heavy atom. The maximum Gasteiger partial charge on any atom is 0.107 e. The van der Waals surface area contributed by atoms with Gasteiger partial charge in [0.15, 0.2) is 0 Å². The maximum absolute atomic E-state index is 4.64. The first kappa shape index (κ1) is 17.6. The summed E-state index contributed by atoms with van der Waals surface area (Å²) in [5.41, 5.74) is 8.62. The fraction of sp³-hybridized carbons (Fsp3) is 0.333. The van der Waals surface area contributed by atoms with Gasteiger partial charge in [0.25, 0.3) is 0 Å². The van der Waals surface area contributed by atoms with Crippen molar-refractivity contribution in [3.8, 4) is 16.9 Å². The highest BCUT2D eigenvalue weighted by atomic mass is 28.3. The molecule has 3 nitrogen and oxygen atoms in total. The molecule has 0 radical (unpaired) electrons. The van der Waals surface area contributed by atoms with Gasteiger partial charge in [-0.1, -0.05) is 60.2 Å². The molecule has 0 aliphatic rings. The van der Waals surface area contributed by atoms with Gasteiger partial charge in [0, 0.05) is 5.56 Å². The molecule has 0 N–H and O–H groups in total. The van der Waals surface area contributed by atoms with Crippen molar-refractivity contribution in [1.82, 2.24) is 15.0 Å². The SMILES string of the molecule is Cc1ccc(-n2nnc([Si](C)(C)C)c2-c2c(C)cc(C)cc2C)cc1. The van der Waals surface area contributed by atoms with E-state index in [4.69, 9.17) is 0 Å². The van der Waals surface area contributed by atoms with Gasteiger partial charge in [-0.2, -0.15) is 0 Å². The predicted octanol–water partition coefficient (Wildman–Crippen LogP) is 4.71. The molecule has 2 aromatic carbocycles. The van der Waals surface area contributed by atoms with Crippen LogP contribution in [-0.4, -0.2) is 23.1 Å². The van der Waals surface area contributed by atoms with Crippen LogP contribution in [-0.2, 0) is 0 Å². The second-order valence-corrected chi connectivity index (χ2v) is 13.0. The molecule has 0 aliphatic heterocycles. The van der Waals surface area contributed by atoms with Gasteiger partial charge in [-0.25, -0.2) is 4.68 Å². The highest BCUT2D eigenvalue weighted by molar-refractivity contribution is 6.89. The molecule has 130 valence electrons. The summed E-state index contributed by atoms with van der Waals surface area (Å²) in [4.78, 5) is 0. The molecule has 0 atom stereocenters. The molecule has 0 bridgehead atoms. The number of aryl methyl sites for hydroxylation is 4. The summed E-state index contributed by atoms with van der Waals surface area (Å²) < 4.78 is 2.03. The Hall–Kier alpha value is -2.20. The molecule has 3 rings (SSSR count). The summed E-state index contributed by atoms with van der Waals surface area (Å²) in [5.74, 6) is 0. The molecular formula is C21H27N3Si. The lowest BCUT2D eigenvalue weighted by atomic mass is 9.97. The van der Waals surface area contributed by atoms with Crippen molar-refractivity contribution in [2.45, 2.75) is 47.3 Å². The fourth-order valence-electron chi connectivity index (χ4n) is 3.43. The summed E-state index contributed by atoms with van der Waals surface area (Å²) in [6.07, 6.45) is 0. The number of rotatable bonds is 3. The molecule has 0 saturated carbocycles. The van der Waals surface area contributed by atoms with Crippen molar-refractivity contribution in [1.29, 1.82) is 0 Å². The third-order valence-electron chi connectivity index (χ3n) is 4.57. The number of aromatic nitrogens is 3. The zero-order valence-corrected chi connectivity index (χ0v) is 17.3. The Kier molecular flexibility index (Phi) is 4.41. The van der Waals surface area contributed by atoms with E-state index < -0.39 is 8.07 Å². The maximum atomic E-state index is 4.64. The van der Waals surface area contributed by atoms with Gasteiger partial charge in [0.1, 0.15) is 8.07 Å². The van der Waals surface area contributed by atoms with Crippen LogP contribution in [0.3, 0.4) is 0 Å². The highest BCUT2D eigenvalue weighted by Crippen LogP contribution is 2.30. The lowest BCUT2D eigenvalue weighted by Crippen LogP contribution is -2.40. The van der Waals surface area contributed by atoms with E-state index in [0.717, 1.165) is 11.4 Å². The standard InChI is InChI=1S/C21H27N3Si/c1-14-8-10-18(11-9-14)24-20(21(22-23-24)25(5,6)7)19-16(3)12-15(2)13-17(19)4/h8-13H,1-7H3. The fourth-order valence-corrected chi connectivity index (χ4v) is 4.72. The molecule has 3 aromatic rings. The summed E-state index contributed by atoms with van der Waals surface area (Å²) in [7, 11) is -1.64. The lowest BCUT2D eigenvalue weighted by molar-refractivity contribution is 0.808. The van der Waals surface area contributed by atoms with Gasteiger partial charge in [0.2, 0.25) is 0 Å². The minimum Gasteiger partial charge on any atom is -0.213 e. The highest BCUT2D eigenvalue weighted by Gasteiger charge is 2.29. The molecule has 0 saturated heterocycles. The predicted molar refractivity (Wildman–Crippen MR) is 109 cm³/mol. The second kappa shape index (κ2) is 6.26. The van der Waals surface area contributed by atoms with E-state index in [9.17, 15) is 0 Å². The number of nitrogens with zero attached hydrogens (tertiary/aromatic N) is 3. The van der Waals surface area contributed by atoms with Gasteiger partial charge in [-0.15, -0.1) is 5.10 Å². The Morgan fingerprint density at radius 3 is 1.88 bits per heavy atom. The van der Waals surface area contributed by atoms with E-state index >= 15 is 0 Å². The van der Waals surface area contributed by atoms with Gasteiger partial charge in [-0.3, -0.25) is 0 Å². The first-order valence-electron chi connectivity index (χ1n) is 8.80. The average molecular weight is 350 g/mol. The van der Waals surface area contributed by atoms with Crippen molar-refractivity contribution in [3.05, 3.63) is 58.7 Å². The Morgan fingerprint density at radius 1 is 0.800 bits per heavy atom. The normalized spacial score (nSPS) is 11.8. The van der Waals surface area contributed by atoms with Crippen molar-refractivity contribution in [3.63, 3.8) is 0 Å². The zero-order chi connectivity index (χ0) is 18.4. The van der Waals surface area contributed by atoms with Gasteiger partial charge >= 0.3 is 0 Å². The minimum atomic E-state index is -1.64. The van der Waals surface area contributed by atoms with Crippen molar-refractivity contribution < 1.29 is 0 Å². The number of benzene rings is 2. The van der Waals surface area contributed by atoms with Gasteiger partial charge in [-0.05, 0) is 51.0 Å². The molecule has 25 heavy (non-hydrogen) atoms. The monoisotopic (exact) mass is 349 g/mol. The van der Waals surface area contributed by atoms with Crippen LogP contribution >= 0.6 is 0 Å². The molecule has 0 fully saturated rings. The number of hydrogen-bond acceptors (Lipinski definition) is 2. The van der Waals surface area contributed by atoms with Crippen molar-refractivity contribution in [2.75, 3.05) is 0 Å². The lowest BCUT2D eigenvalue weighted by Gasteiger charge is -2.19. The summed E-state index contributed by atoms with van der Waals surface area (Å²) in [5, 5.41) is 10.4. The van der Waals surface area contributed by atoms with E-state index in [1.807, 2.05) is 4.68 Å². The van der Waals surface area contributed by atoms with Crippen LogP contribution in [0.5, 0.6) is 0 Å². The van der Waals surface area contributed by atoms with E-state index in [-0.39, 0.29) is 0 Å². The van der Waals surface area contributed by atoms with Gasteiger partial charge < -0.3 is 0 Å². The van der Waals surface area contributed by atoms with Crippen LogP contribution in [0.25, 0.3) is 16.9 Å². The van der Waals surface area contributed by atoms with Crippen molar-refractivity contribution >= 4 is 13.4 Å². The first-order chi connectivity index (χ1) is 11.7. The topological polar surface area (TPSA) is 30.7 Å². The Bertz CT molecular complexity index is 892.